The Morgan fingerprint density at radius 3 is 2.83 bits per heavy atom. The van der Waals surface area contributed by atoms with E-state index in [2.05, 4.69) is 10.2 Å². The third-order valence-corrected chi connectivity index (χ3v) is 5.25. The summed E-state index contributed by atoms with van der Waals surface area (Å²) in [5.41, 5.74) is 1.91. The van der Waals surface area contributed by atoms with Crippen molar-refractivity contribution in [3.05, 3.63) is 51.6 Å². The van der Waals surface area contributed by atoms with Crippen LogP contribution in [0.2, 0.25) is 0 Å². The van der Waals surface area contributed by atoms with Crippen molar-refractivity contribution >= 4 is 17.4 Å². The molecule has 0 unspecified atom stereocenters. The Morgan fingerprint density at radius 2 is 2.07 bits per heavy atom. The first kappa shape index (κ1) is 20.0. The van der Waals surface area contributed by atoms with Crippen molar-refractivity contribution in [3.8, 4) is 28.7 Å². The fraction of sp³-hybridized carbons (Fsp3) is 0.263. The van der Waals surface area contributed by atoms with Crippen LogP contribution in [0, 0.1) is 10.1 Å². The molecule has 0 aliphatic carbocycles. The molecular weight excluding hydrogens is 414 g/mol. The average Bonchev–Trinajstić information content (AvgIpc) is 3.25. The van der Waals surface area contributed by atoms with Gasteiger partial charge < -0.3 is 23.4 Å². The molecule has 0 bridgehead atoms. The summed E-state index contributed by atoms with van der Waals surface area (Å²) in [5, 5.41) is 19.7. The molecule has 0 spiro atoms. The summed E-state index contributed by atoms with van der Waals surface area (Å²) in [6, 6.07) is 8.21. The first-order valence-corrected chi connectivity index (χ1v) is 9.77. The number of non-ortho nitro benzene ring substituents is 1. The largest absolute Gasteiger partial charge is 0.497 e. The zero-order chi connectivity index (χ0) is 21.1. The van der Waals surface area contributed by atoms with Crippen molar-refractivity contribution in [2.75, 3.05) is 21.0 Å². The molecule has 0 saturated heterocycles. The van der Waals surface area contributed by atoms with Crippen LogP contribution in [0.1, 0.15) is 11.1 Å². The summed E-state index contributed by atoms with van der Waals surface area (Å²) in [5.74, 6) is 2.42. The maximum Gasteiger partial charge on any atom is 0.277 e. The molecule has 0 atom stereocenters. The van der Waals surface area contributed by atoms with Crippen LogP contribution in [0.4, 0.5) is 5.69 Å². The highest BCUT2D eigenvalue weighted by atomic mass is 32.2. The van der Waals surface area contributed by atoms with Crippen LogP contribution in [-0.4, -0.2) is 36.1 Å². The molecule has 0 radical (unpaired) electrons. The summed E-state index contributed by atoms with van der Waals surface area (Å²) < 4.78 is 27.1. The van der Waals surface area contributed by atoms with Gasteiger partial charge in [0.05, 0.1) is 31.3 Å². The SMILES string of the molecule is COc1ccc(-c2nnc(SCc3cc([N+](=O)[O-])cc4c3OCOC4)o2)c(OC)c1. The van der Waals surface area contributed by atoms with E-state index in [1.165, 1.54) is 23.9 Å². The van der Waals surface area contributed by atoms with Gasteiger partial charge in [-0.3, -0.25) is 10.1 Å². The van der Waals surface area contributed by atoms with Gasteiger partial charge in [0, 0.05) is 35.1 Å². The molecule has 0 N–H and O–H groups in total. The minimum atomic E-state index is -0.441. The first-order chi connectivity index (χ1) is 14.6. The number of rotatable bonds is 7. The summed E-state index contributed by atoms with van der Waals surface area (Å²) >= 11 is 1.25. The fourth-order valence-corrected chi connectivity index (χ4v) is 3.71. The number of thioether (sulfide) groups is 1. The van der Waals surface area contributed by atoms with Crippen LogP contribution in [0.3, 0.4) is 0 Å². The van der Waals surface area contributed by atoms with Crippen LogP contribution in [-0.2, 0) is 17.1 Å². The molecular formula is C19H17N3O7S. The summed E-state index contributed by atoms with van der Waals surface area (Å²) in [7, 11) is 3.11. The number of hydrogen-bond donors (Lipinski definition) is 0. The lowest BCUT2D eigenvalue weighted by molar-refractivity contribution is -0.385. The molecule has 2 aromatic carbocycles. The number of methoxy groups -OCH3 is 2. The van der Waals surface area contributed by atoms with E-state index >= 15 is 0 Å². The third-order valence-electron chi connectivity index (χ3n) is 4.38. The van der Waals surface area contributed by atoms with Gasteiger partial charge >= 0.3 is 0 Å². The quantitative estimate of drug-likeness (QED) is 0.310. The monoisotopic (exact) mass is 431 g/mol. The lowest BCUT2D eigenvalue weighted by atomic mass is 10.1. The number of aromatic nitrogens is 2. The van der Waals surface area contributed by atoms with E-state index in [0.717, 1.165) is 0 Å². The predicted octanol–water partition coefficient (Wildman–Crippen LogP) is 3.82. The predicted molar refractivity (Wildman–Crippen MR) is 106 cm³/mol. The number of hydrogen-bond acceptors (Lipinski definition) is 10. The Kier molecular flexibility index (Phi) is 5.72. The number of fused-ring (bicyclic) bond motifs is 1. The Morgan fingerprint density at radius 1 is 1.20 bits per heavy atom. The second-order valence-electron chi connectivity index (χ2n) is 6.19. The van der Waals surface area contributed by atoms with Gasteiger partial charge in [-0.15, -0.1) is 10.2 Å². The molecule has 2 heterocycles. The van der Waals surface area contributed by atoms with Crippen molar-refractivity contribution in [1.29, 1.82) is 0 Å². The lowest BCUT2D eigenvalue weighted by Gasteiger charge is -2.20. The van der Waals surface area contributed by atoms with Crippen molar-refractivity contribution in [3.63, 3.8) is 0 Å². The van der Waals surface area contributed by atoms with Gasteiger partial charge in [0.2, 0.25) is 0 Å². The van der Waals surface area contributed by atoms with E-state index in [9.17, 15) is 10.1 Å². The van der Waals surface area contributed by atoms with E-state index in [1.807, 2.05) is 0 Å². The Labute approximate surface area is 175 Å². The summed E-state index contributed by atoms with van der Waals surface area (Å²) in [4.78, 5) is 10.8. The molecule has 1 aliphatic heterocycles. The van der Waals surface area contributed by atoms with E-state index in [-0.39, 0.29) is 19.1 Å². The van der Waals surface area contributed by atoms with Crippen LogP contribution in [0.5, 0.6) is 17.2 Å². The maximum absolute atomic E-state index is 11.2. The normalized spacial score (nSPS) is 12.7. The van der Waals surface area contributed by atoms with Gasteiger partial charge in [-0.2, -0.15) is 0 Å². The van der Waals surface area contributed by atoms with Gasteiger partial charge in [0.1, 0.15) is 17.2 Å². The van der Waals surface area contributed by atoms with Gasteiger partial charge in [-0.05, 0) is 12.1 Å². The van der Waals surface area contributed by atoms with Crippen molar-refractivity contribution < 1.29 is 28.3 Å². The number of ether oxygens (including phenoxy) is 4. The zero-order valence-electron chi connectivity index (χ0n) is 16.1. The Hall–Kier alpha value is -3.31. The number of nitrogens with zero attached hydrogens (tertiary/aromatic N) is 3. The Balaban J connectivity index is 1.56. The minimum absolute atomic E-state index is 0.0207. The molecule has 0 saturated carbocycles. The van der Waals surface area contributed by atoms with E-state index < -0.39 is 4.92 Å². The highest BCUT2D eigenvalue weighted by Crippen LogP contribution is 2.37. The standard InChI is InChI=1S/C19H17N3O7S/c1-25-14-3-4-15(16(7-14)26-2)18-20-21-19(29-18)30-9-12-6-13(22(23)24)5-11-8-27-10-28-17(11)12/h3-7H,8-10H2,1-2H3. The summed E-state index contributed by atoms with van der Waals surface area (Å²) in [6.45, 7) is 0.362. The van der Waals surface area contributed by atoms with Crippen LogP contribution in [0.15, 0.2) is 40.0 Å². The van der Waals surface area contributed by atoms with Gasteiger partial charge in [-0.25, -0.2) is 0 Å². The molecule has 4 rings (SSSR count). The molecule has 1 aliphatic rings. The second kappa shape index (κ2) is 8.59. The van der Waals surface area contributed by atoms with Crippen LogP contribution in [0.25, 0.3) is 11.5 Å². The minimum Gasteiger partial charge on any atom is -0.497 e. The molecule has 10 nitrogen and oxygen atoms in total. The van der Waals surface area contributed by atoms with Crippen LogP contribution >= 0.6 is 11.8 Å². The number of nitro groups is 1. The van der Waals surface area contributed by atoms with E-state index in [0.29, 0.717) is 50.8 Å². The molecule has 3 aromatic rings. The first-order valence-electron chi connectivity index (χ1n) is 8.78. The highest BCUT2D eigenvalue weighted by molar-refractivity contribution is 7.98. The maximum atomic E-state index is 11.2. The van der Waals surface area contributed by atoms with Crippen molar-refractivity contribution in [1.82, 2.24) is 10.2 Å². The molecule has 30 heavy (non-hydrogen) atoms. The number of nitro benzene ring substituents is 1. The molecule has 11 heteroatoms. The topological polar surface area (TPSA) is 119 Å². The highest BCUT2D eigenvalue weighted by Gasteiger charge is 2.22. The smallest absolute Gasteiger partial charge is 0.277 e. The van der Waals surface area contributed by atoms with Gasteiger partial charge in [0.25, 0.3) is 16.8 Å². The third kappa shape index (κ3) is 4.02. The second-order valence-corrected chi connectivity index (χ2v) is 7.12. The Bertz CT molecular complexity index is 1090. The lowest BCUT2D eigenvalue weighted by Crippen LogP contribution is -2.13. The van der Waals surface area contributed by atoms with Crippen LogP contribution < -0.4 is 14.2 Å². The zero-order valence-corrected chi connectivity index (χ0v) is 16.9. The molecule has 0 amide bonds. The average molecular weight is 431 g/mol. The van der Waals surface area contributed by atoms with Gasteiger partial charge in [0.15, 0.2) is 6.79 Å². The molecule has 1 aromatic heterocycles. The van der Waals surface area contributed by atoms with Crippen molar-refractivity contribution in [2.45, 2.75) is 17.6 Å². The molecule has 156 valence electrons. The van der Waals surface area contributed by atoms with E-state index in [4.69, 9.17) is 23.4 Å². The van der Waals surface area contributed by atoms with Gasteiger partial charge in [-0.1, -0.05) is 11.8 Å². The van der Waals surface area contributed by atoms with E-state index in [1.54, 1.807) is 32.4 Å². The van der Waals surface area contributed by atoms with Crippen molar-refractivity contribution in [2.24, 2.45) is 0 Å². The molecule has 0 fully saturated rings. The number of benzene rings is 2. The fourth-order valence-electron chi connectivity index (χ4n) is 2.99. The summed E-state index contributed by atoms with van der Waals surface area (Å²) in [6.07, 6.45) is 0.